The molecule has 4 rings (SSSR count). The molecule has 4 atom stereocenters. The molecule has 0 aromatic heterocycles. The highest BCUT2D eigenvalue weighted by molar-refractivity contribution is 9.10. The second-order valence-corrected chi connectivity index (χ2v) is 10.3. The molecule has 194 valence electrons. The first kappa shape index (κ1) is 27.2. The van der Waals surface area contributed by atoms with Gasteiger partial charge in [0.25, 0.3) is 0 Å². The Bertz CT molecular complexity index is 1300. The Labute approximate surface area is 228 Å². The van der Waals surface area contributed by atoms with E-state index in [1.807, 2.05) is 55.5 Å². The highest BCUT2D eigenvalue weighted by Gasteiger charge is 2.43. The third-order valence-electron chi connectivity index (χ3n) is 6.63. The molecule has 37 heavy (non-hydrogen) atoms. The van der Waals surface area contributed by atoms with E-state index in [-0.39, 0.29) is 23.1 Å². The number of rotatable bonds is 8. The van der Waals surface area contributed by atoms with Crippen LogP contribution in [0, 0.1) is 11.7 Å². The van der Waals surface area contributed by atoms with Gasteiger partial charge in [0.1, 0.15) is 17.3 Å². The van der Waals surface area contributed by atoms with Gasteiger partial charge in [0.05, 0.1) is 29.4 Å². The van der Waals surface area contributed by atoms with E-state index in [0.29, 0.717) is 21.7 Å². The van der Waals surface area contributed by atoms with Crippen LogP contribution in [0.1, 0.15) is 48.2 Å². The summed E-state index contributed by atoms with van der Waals surface area (Å²) in [6.45, 7) is 5.44. The fraction of sp³-hybridized carbons (Fsp3) is 0.276. The molecule has 0 amide bonds. The molecule has 0 aliphatic carbocycles. The minimum atomic E-state index is -1.17. The van der Waals surface area contributed by atoms with Crippen molar-refractivity contribution in [2.75, 3.05) is 13.7 Å². The molecular formula is C29H27BrClFO5. The molecule has 1 aliphatic rings. The summed E-state index contributed by atoms with van der Waals surface area (Å²) < 4.78 is 33.6. The lowest BCUT2D eigenvalue weighted by Gasteiger charge is -2.43. The summed E-state index contributed by atoms with van der Waals surface area (Å²) in [5.74, 6) is -1.37. The Balaban J connectivity index is 1.86. The fourth-order valence-electron chi connectivity index (χ4n) is 4.86. The molecule has 1 heterocycles. The first-order valence-corrected chi connectivity index (χ1v) is 12.9. The Hall–Kier alpha value is -2.87. The maximum Gasteiger partial charge on any atom is 0.341 e. The van der Waals surface area contributed by atoms with E-state index >= 15 is 4.39 Å². The molecule has 0 unspecified atom stereocenters. The molecule has 3 aromatic carbocycles. The average molecular weight is 590 g/mol. The van der Waals surface area contributed by atoms with Crippen molar-refractivity contribution in [1.82, 2.24) is 0 Å². The van der Waals surface area contributed by atoms with Crippen LogP contribution in [0.15, 0.2) is 77.3 Å². The number of carbonyl (C=O) groups is 1. The second-order valence-electron chi connectivity index (χ2n) is 9.02. The Morgan fingerprint density at radius 2 is 1.86 bits per heavy atom. The standard InChI is InChI=1S/C29H27BrClFO5/c1-16(2)20-14-21(19-6-4-5-7-23(19)31)27(17-8-10-18(35-3)11-9-17)37-28(20)26-24(32)13-12-22(30)29(26)36-15-25(33)34/h4-13,20-21,27-28H,1,14-15H2,2-3H3,(H,33,34)/t20-,21-,27+,28+/m1/s1. The van der Waals surface area contributed by atoms with Gasteiger partial charge in [0.15, 0.2) is 6.61 Å². The van der Waals surface area contributed by atoms with Gasteiger partial charge in [-0.15, -0.1) is 0 Å². The molecule has 3 aromatic rings. The Morgan fingerprint density at radius 3 is 2.49 bits per heavy atom. The normalized spacial score (nSPS) is 21.3. The summed E-state index contributed by atoms with van der Waals surface area (Å²) in [6.07, 6.45) is -0.702. The number of ether oxygens (including phenoxy) is 3. The van der Waals surface area contributed by atoms with E-state index in [4.69, 9.17) is 25.8 Å². The fourth-order valence-corrected chi connectivity index (χ4v) is 5.60. The molecule has 1 saturated heterocycles. The number of hydrogen-bond acceptors (Lipinski definition) is 4. The van der Waals surface area contributed by atoms with Crippen molar-refractivity contribution in [1.29, 1.82) is 0 Å². The first-order chi connectivity index (χ1) is 17.7. The largest absolute Gasteiger partial charge is 0.497 e. The maximum absolute atomic E-state index is 15.5. The van der Waals surface area contributed by atoms with Gasteiger partial charge in [-0.25, -0.2) is 9.18 Å². The number of carboxylic acids is 1. The first-order valence-electron chi connectivity index (χ1n) is 11.7. The number of hydrogen-bond donors (Lipinski definition) is 1. The molecule has 8 heteroatoms. The minimum Gasteiger partial charge on any atom is -0.497 e. The molecular weight excluding hydrogens is 563 g/mol. The zero-order chi connectivity index (χ0) is 26.7. The quantitative estimate of drug-likeness (QED) is 0.271. The molecule has 1 fully saturated rings. The summed E-state index contributed by atoms with van der Waals surface area (Å²) in [4.78, 5) is 11.2. The topological polar surface area (TPSA) is 65.0 Å². The zero-order valence-electron chi connectivity index (χ0n) is 20.4. The second kappa shape index (κ2) is 11.7. The van der Waals surface area contributed by atoms with E-state index in [1.165, 1.54) is 12.1 Å². The van der Waals surface area contributed by atoms with E-state index in [0.717, 1.165) is 16.7 Å². The van der Waals surface area contributed by atoms with E-state index in [1.54, 1.807) is 7.11 Å². The highest BCUT2D eigenvalue weighted by atomic mass is 79.9. The van der Waals surface area contributed by atoms with Gasteiger partial charge in [-0.2, -0.15) is 0 Å². The van der Waals surface area contributed by atoms with Gasteiger partial charge >= 0.3 is 5.97 Å². The maximum atomic E-state index is 15.5. The van der Waals surface area contributed by atoms with Crippen LogP contribution >= 0.6 is 27.5 Å². The number of benzene rings is 3. The average Bonchev–Trinajstić information content (AvgIpc) is 2.88. The van der Waals surface area contributed by atoms with Crippen molar-refractivity contribution in [2.24, 2.45) is 5.92 Å². The summed E-state index contributed by atoms with van der Waals surface area (Å²) in [5, 5.41) is 9.81. The van der Waals surface area contributed by atoms with Gasteiger partial charge in [0.2, 0.25) is 0 Å². The van der Waals surface area contributed by atoms with Gasteiger partial charge in [0, 0.05) is 16.9 Å². The molecule has 0 bridgehead atoms. The summed E-state index contributed by atoms with van der Waals surface area (Å²) in [5.41, 5.74) is 2.75. The Morgan fingerprint density at radius 1 is 1.16 bits per heavy atom. The SMILES string of the molecule is C=C(C)[C@H]1C[C@H](c2ccccc2Cl)[C@H](c2ccc(OC)cc2)O[C@@H]1c1c(F)ccc(Br)c1OCC(=O)O. The number of carboxylic acid groups (broad SMARTS) is 1. The summed E-state index contributed by atoms with van der Waals surface area (Å²) >= 11 is 10.0. The molecule has 1 N–H and O–H groups in total. The number of methoxy groups -OCH3 is 1. The molecule has 0 saturated carbocycles. The van der Waals surface area contributed by atoms with Crippen molar-refractivity contribution >= 4 is 33.5 Å². The number of halogens is 3. The third kappa shape index (κ3) is 5.84. The van der Waals surface area contributed by atoms with Crippen LogP contribution in [-0.2, 0) is 9.53 Å². The lowest BCUT2D eigenvalue weighted by molar-refractivity contribution is -0.139. The van der Waals surface area contributed by atoms with Gasteiger partial charge in [-0.05, 0) is 70.7 Å². The van der Waals surface area contributed by atoms with Crippen LogP contribution in [0.25, 0.3) is 0 Å². The monoisotopic (exact) mass is 588 g/mol. The van der Waals surface area contributed by atoms with E-state index < -0.39 is 30.6 Å². The molecule has 1 aliphatic heterocycles. The van der Waals surface area contributed by atoms with Crippen molar-refractivity contribution < 1.29 is 28.5 Å². The molecule has 0 spiro atoms. The lowest BCUT2D eigenvalue weighted by Crippen LogP contribution is -2.32. The highest BCUT2D eigenvalue weighted by Crippen LogP contribution is 2.55. The number of aliphatic carboxylic acids is 1. The summed E-state index contributed by atoms with van der Waals surface area (Å²) in [7, 11) is 1.60. The van der Waals surface area contributed by atoms with Crippen molar-refractivity contribution in [3.8, 4) is 11.5 Å². The van der Waals surface area contributed by atoms with Crippen LogP contribution in [0.3, 0.4) is 0 Å². The van der Waals surface area contributed by atoms with Crippen LogP contribution in [0.2, 0.25) is 5.02 Å². The van der Waals surface area contributed by atoms with Crippen molar-refractivity contribution in [3.63, 3.8) is 0 Å². The smallest absolute Gasteiger partial charge is 0.341 e. The van der Waals surface area contributed by atoms with Gasteiger partial charge in [-0.1, -0.05) is 54.1 Å². The summed E-state index contributed by atoms with van der Waals surface area (Å²) in [6, 6.07) is 18.0. The zero-order valence-corrected chi connectivity index (χ0v) is 22.8. The van der Waals surface area contributed by atoms with Crippen LogP contribution in [0.5, 0.6) is 11.5 Å². The molecule has 0 radical (unpaired) electrons. The van der Waals surface area contributed by atoms with Gasteiger partial charge in [-0.3, -0.25) is 0 Å². The van der Waals surface area contributed by atoms with Crippen molar-refractivity contribution in [2.45, 2.75) is 31.5 Å². The van der Waals surface area contributed by atoms with Crippen LogP contribution in [0.4, 0.5) is 4.39 Å². The van der Waals surface area contributed by atoms with Crippen LogP contribution < -0.4 is 9.47 Å². The Kier molecular flexibility index (Phi) is 8.57. The van der Waals surface area contributed by atoms with E-state index in [2.05, 4.69) is 22.5 Å². The van der Waals surface area contributed by atoms with Crippen LogP contribution in [-0.4, -0.2) is 24.8 Å². The predicted molar refractivity (Wildman–Crippen MR) is 144 cm³/mol. The third-order valence-corrected chi connectivity index (χ3v) is 7.60. The van der Waals surface area contributed by atoms with Gasteiger partial charge < -0.3 is 19.3 Å². The predicted octanol–water partition coefficient (Wildman–Crippen LogP) is 7.89. The van der Waals surface area contributed by atoms with Crippen molar-refractivity contribution in [3.05, 3.63) is 105 Å². The minimum absolute atomic E-state index is 0.100. The van der Waals surface area contributed by atoms with E-state index in [9.17, 15) is 9.90 Å². The molecule has 5 nitrogen and oxygen atoms in total. The lowest BCUT2D eigenvalue weighted by atomic mass is 9.74.